The van der Waals surface area contributed by atoms with Crippen LogP contribution in [0, 0.1) is 0 Å². The van der Waals surface area contributed by atoms with Crippen LogP contribution in [-0.2, 0) is 0 Å². The lowest BCUT2D eigenvalue weighted by molar-refractivity contribution is 0.108. The lowest BCUT2D eigenvalue weighted by atomic mass is 9.90. The Hall–Kier alpha value is -0.160. The van der Waals surface area contributed by atoms with Gasteiger partial charge in [0.15, 0.2) is 0 Å². The zero-order chi connectivity index (χ0) is 15.3. The fraction of sp³-hybridized carbons (Fsp3) is 1.00. The molecule has 0 amide bonds. The zero-order valence-corrected chi connectivity index (χ0v) is 14.3. The zero-order valence-electron chi connectivity index (χ0n) is 14.3. The standard InChI is InChI=1S/C17H35N3O/c1-4-17(14-21,18-15(2)3)8-5-9-19-10-12-20(13-11-19)16-6-7-16/h15-16,18,21H,4-14H2,1-3H3. The minimum Gasteiger partial charge on any atom is -0.394 e. The maximum Gasteiger partial charge on any atom is 0.0613 e. The molecule has 0 spiro atoms. The van der Waals surface area contributed by atoms with Crippen molar-refractivity contribution >= 4 is 0 Å². The molecule has 1 unspecified atom stereocenters. The molecule has 1 saturated heterocycles. The third kappa shape index (κ3) is 5.20. The van der Waals surface area contributed by atoms with Crippen LogP contribution < -0.4 is 5.32 Å². The van der Waals surface area contributed by atoms with Gasteiger partial charge in [0.05, 0.1) is 6.61 Å². The van der Waals surface area contributed by atoms with Crippen LogP contribution in [0.5, 0.6) is 0 Å². The van der Waals surface area contributed by atoms with Gasteiger partial charge in [0.25, 0.3) is 0 Å². The van der Waals surface area contributed by atoms with Gasteiger partial charge in [-0.15, -0.1) is 0 Å². The van der Waals surface area contributed by atoms with E-state index in [1.165, 1.54) is 52.0 Å². The first-order chi connectivity index (χ1) is 10.1. The quantitative estimate of drug-likeness (QED) is 0.679. The third-order valence-electron chi connectivity index (χ3n) is 5.17. The lowest BCUT2D eigenvalue weighted by Crippen LogP contribution is -2.52. The Bertz CT molecular complexity index is 292. The van der Waals surface area contributed by atoms with E-state index >= 15 is 0 Å². The van der Waals surface area contributed by atoms with Crippen LogP contribution in [0.1, 0.15) is 52.9 Å². The summed E-state index contributed by atoms with van der Waals surface area (Å²) in [6, 6.07) is 1.35. The predicted molar refractivity (Wildman–Crippen MR) is 88.6 cm³/mol. The van der Waals surface area contributed by atoms with E-state index < -0.39 is 0 Å². The molecule has 1 aliphatic heterocycles. The molecule has 1 heterocycles. The van der Waals surface area contributed by atoms with Gasteiger partial charge >= 0.3 is 0 Å². The van der Waals surface area contributed by atoms with Gasteiger partial charge in [-0.05, 0) is 38.6 Å². The van der Waals surface area contributed by atoms with Crippen LogP contribution in [0.3, 0.4) is 0 Å². The smallest absolute Gasteiger partial charge is 0.0613 e. The van der Waals surface area contributed by atoms with Crippen molar-refractivity contribution in [3.63, 3.8) is 0 Å². The van der Waals surface area contributed by atoms with Crippen LogP contribution >= 0.6 is 0 Å². The van der Waals surface area contributed by atoms with E-state index in [1.807, 2.05) is 0 Å². The highest BCUT2D eigenvalue weighted by atomic mass is 16.3. The molecule has 0 aromatic carbocycles. The summed E-state index contributed by atoms with van der Waals surface area (Å²) in [7, 11) is 0. The summed E-state index contributed by atoms with van der Waals surface area (Å²) in [6.07, 6.45) is 6.10. The van der Waals surface area contributed by atoms with Crippen LogP contribution in [0.2, 0.25) is 0 Å². The second-order valence-corrected chi connectivity index (χ2v) is 7.30. The first-order valence-electron chi connectivity index (χ1n) is 8.93. The molecule has 1 atom stereocenters. The number of piperazine rings is 1. The van der Waals surface area contributed by atoms with Gasteiger partial charge in [-0.2, -0.15) is 0 Å². The molecule has 4 nitrogen and oxygen atoms in total. The van der Waals surface area contributed by atoms with Crippen molar-refractivity contribution < 1.29 is 5.11 Å². The van der Waals surface area contributed by atoms with E-state index in [0.29, 0.717) is 6.04 Å². The highest BCUT2D eigenvalue weighted by molar-refractivity contribution is 4.89. The minimum atomic E-state index is -0.0794. The highest BCUT2D eigenvalue weighted by Crippen LogP contribution is 2.27. The first kappa shape index (κ1) is 17.2. The van der Waals surface area contributed by atoms with Crippen molar-refractivity contribution in [3.8, 4) is 0 Å². The van der Waals surface area contributed by atoms with Gasteiger partial charge in [-0.25, -0.2) is 0 Å². The maximum absolute atomic E-state index is 9.78. The van der Waals surface area contributed by atoms with Crippen LogP contribution in [0.15, 0.2) is 0 Å². The molecule has 4 heteroatoms. The molecule has 2 N–H and O–H groups in total. The highest BCUT2D eigenvalue weighted by Gasteiger charge is 2.31. The molecule has 124 valence electrons. The number of rotatable bonds is 9. The summed E-state index contributed by atoms with van der Waals surface area (Å²) in [5, 5.41) is 13.4. The topological polar surface area (TPSA) is 38.7 Å². The Kier molecular flexibility index (Phi) is 6.48. The minimum absolute atomic E-state index is 0.0794. The normalized spacial score (nSPS) is 24.4. The first-order valence-corrected chi connectivity index (χ1v) is 8.93. The predicted octanol–water partition coefficient (Wildman–Crippen LogP) is 1.69. The van der Waals surface area contributed by atoms with Crippen molar-refractivity contribution in [1.29, 1.82) is 0 Å². The van der Waals surface area contributed by atoms with Crippen molar-refractivity contribution in [2.45, 2.75) is 70.5 Å². The van der Waals surface area contributed by atoms with Gasteiger partial charge in [-0.3, -0.25) is 4.90 Å². The van der Waals surface area contributed by atoms with Crippen LogP contribution in [0.25, 0.3) is 0 Å². The van der Waals surface area contributed by atoms with E-state index in [-0.39, 0.29) is 12.1 Å². The largest absolute Gasteiger partial charge is 0.394 e. The summed E-state index contributed by atoms with van der Waals surface area (Å²) >= 11 is 0. The summed E-state index contributed by atoms with van der Waals surface area (Å²) in [5.74, 6) is 0. The fourth-order valence-electron chi connectivity index (χ4n) is 3.63. The number of aliphatic hydroxyl groups excluding tert-OH is 1. The molecular formula is C17H35N3O. The Morgan fingerprint density at radius 1 is 1.19 bits per heavy atom. The third-order valence-corrected chi connectivity index (χ3v) is 5.17. The molecule has 2 rings (SSSR count). The van der Waals surface area contributed by atoms with E-state index in [1.54, 1.807) is 0 Å². The molecule has 2 aliphatic rings. The van der Waals surface area contributed by atoms with E-state index in [9.17, 15) is 5.11 Å². The monoisotopic (exact) mass is 297 g/mol. The lowest BCUT2D eigenvalue weighted by Gasteiger charge is -2.37. The number of hydrogen-bond acceptors (Lipinski definition) is 4. The number of aliphatic hydroxyl groups is 1. The van der Waals surface area contributed by atoms with Gasteiger partial charge in [-0.1, -0.05) is 20.8 Å². The molecule has 0 aromatic rings. The van der Waals surface area contributed by atoms with Gasteiger partial charge < -0.3 is 15.3 Å². The summed E-state index contributed by atoms with van der Waals surface area (Å²) in [5.41, 5.74) is -0.0794. The second kappa shape index (κ2) is 7.91. The van der Waals surface area contributed by atoms with Gasteiger partial charge in [0, 0.05) is 43.8 Å². The average Bonchev–Trinajstić information content (AvgIpc) is 3.31. The molecule has 0 bridgehead atoms. The van der Waals surface area contributed by atoms with Gasteiger partial charge in [0.2, 0.25) is 0 Å². The Balaban J connectivity index is 1.67. The van der Waals surface area contributed by atoms with Crippen molar-refractivity contribution in [2.24, 2.45) is 0 Å². The van der Waals surface area contributed by atoms with Crippen molar-refractivity contribution in [1.82, 2.24) is 15.1 Å². The van der Waals surface area contributed by atoms with Crippen molar-refractivity contribution in [2.75, 3.05) is 39.3 Å². The molecule has 0 radical (unpaired) electrons. The van der Waals surface area contributed by atoms with E-state index in [2.05, 4.69) is 35.9 Å². The summed E-state index contributed by atoms with van der Waals surface area (Å²) in [4.78, 5) is 5.27. The maximum atomic E-state index is 9.78. The SMILES string of the molecule is CCC(CO)(CCCN1CCN(C2CC2)CC1)NC(C)C. The van der Waals surface area contributed by atoms with Crippen LogP contribution in [-0.4, -0.2) is 71.9 Å². The Labute approximate surface area is 130 Å². The molecule has 2 fully saturated rings. The van der Waals surface area contributed by atoms with Crippen molar-refractivity contribution in [3.05, 3.63) is 0 Å². The number of nitrogens with zero attached hydrogens (tertiary/aromatic N) is 2. The fourth-order valence-corrected chi connectivity index (χ4v) is 3.63. The number of nitrogens with one attached hydrogen (secondary N) is 1. The summed E-state index contributed by atoms with van der Waals surface area (Å²) < 4.78 is 0. The van der Waals surface area contributed by atoms with Gasteiger partial charge in [0.1, 0.15) is 0 Å². The Morgan fingerprint density at radius 3 is 2.33 bits per heavy atom. The van der Waals surface area contributed by atoms with E-state index in [4.69, 9.17) is 0 Å². The molecular weight excluding hydrogens is 262 g/mol. The second-order valence-electron chi connectivity index (χ2n) is 7.30. The summed E-state index contributed by atoms with van der Waals surface area (Å²) in [6.45, 7) is 12.9. The molecule has 21 heavy (non-hydrogen) atoms. The average molecular weight is 297 g/mol. The Morgan fingerprint density at radius 2 is 1.86 bits per heavy atom. The molecule has 0 aromatic heterocycles. The number of hydrogen-bond donors (Lipinski definition) is 2. The molecule has 1 saturated carbocycles. The molecule has 1 aliphatic carbocycles. The van der Waals surface area contributed by atoms with Crippen LogP contribution in [0.4, 0.5) is 0 Å². The van der Waals surface area contributed by atoms with E-state index in [0.717, 1.165) is 18.9 Å².